The van der Waals surface area contributed by atoms with Crippen molar-refractivity contribution in [3.05, 3.63) is 18.6 Å². The fraction of sp³-hybridized carbons (Fsp3) is 0.500. The number of carbonyl (C=O) groups is 1. The molecule has 0 aliphatic carbocycles. The van der Waals surface area contributed by atoms with Crippen LogP contribution in [-0.2, 0) is 4.79 Å². The van der Waals surface area contributed by atoms with Gasteiger partial charge >= 0.3 is 0 Å². The van der Waals surface area contributed by atoms with Gasteiger partial charge in [-0.25, -0.2) is 13.8 Å². The Morgan fingerprint density at radius 1 is 1.53 bits per heavy atom. The highest BCUT2D eigenvalue weighted by atomic mass is 19.3. The summed E-state index contributed by atoms with van der Waals surface area (Å²) in [5.74, 6) is 0.131. The van der Waals surface area contributed by atoms with E-state index in [9.17, 15) is 13.6 Å². The molecule has 1 N–H and O–H groups in total. The smallest absolute Gasteiger partial charge is 0.255 e. The zero-order chi connectivity index (χ0) is 12.3. The molecule has 92 valence electrons. The molecule has 1 aromatic heterocycles. The summed E-state index contributed by atoms with van der Waals surface area (Å²) >= 11 is 0. The Kier molecular flexibility index (Phi) is 3.46. The molecule has 0 bridgehead atoms. The first-order valence-electron chi connectivity index (χ1n) is 5.23. The van der Waals surface area contributed by atoms with Crippen LogP contribution in [0.3, 0.4) is 0 Å². The van der Waals surface area contributed by atoms with Gasteiger partial charge in [0.25, 0.3) is 6.43 Å². The third-order valence-corrected chi connectivity index (χ3v) is 2.56. The minimum atomic E-state index is -2.50. The lowest BCUT2D eigenvalue weighted by Crippen LogP contribution is -2.54. The summed E-state index contributed by atoms with van der Waals surface area (Å²) in [4.78, 5) is 21.3. The van der Waals surface area contributed by atoms with Gasteiger partial charge < -0.3 is 10.2 Å². The van der Waals surface area contributed by atoms with Crippen molar-refractivity contribution in [1.29, 1.82) is 0 Å². The molecule has 1 aromatic rings. The van der Waals surface area contributed by atoms with Gasteiger partial charge in [0.1, 0.15) is 5.82 Å². The Bertz CT molecular complexity index is 381. The first kappa shape index (κ1) is 11.7. The van der Waals surface area contributed by atoms with Crippen LogP contribution in [0.25, 0.3) is 0 Å². The maximum absolute atomic E-state index is 11.9. The van der Waals surface area contributed by atoms with Gasteiger partial charge in [-0.2, -0.15) is 0 Å². The van der Waals surface area contributed by atoms with E-state index in [1.165, 1.54) is 0 Å². The van der Waals surface area contributed by atoms with E-state index in [0.29, 0.717) is 18.9 Å². The van der Waals surface area contributed by atoms with Gasteiger partial charge in [-0.3, -0.25) is 9.78 Å². The van der Waals surface area contributed by atoms with E-state index in [1.54, 1.807) is 18.6 Å². The molecule has 0 spiro atoms. The summed E-state index contributed by atoms with van der Waals surface area (Å²) in [6, 6.07) is 0. The van der Waals surface area contributed by atoms with Crippen LogP contribution in [0.4, 0.5) is 14.6 Å². The lowest BCUT2D eigenvalue weighted by Gasteiger charge is -2.38. The Morgan fingerprint density at radius 3 is 2.88 bits per heavy atom. The summed E-state index contributed by atoms with van der Waals surface area (Å²) in [6.07, 6.45) is 2.23. The number of alkyl halides is 2. The topological polar surface area (TPSA) is 58.1 Å². The molecule has 2 rings (SSSR count). The van der Waals surface area contributed by atoms with Gasteiger partial charge in [0, 0.05) is 25.5 Å². The van der Waals surface area contributed by atoms with Gasteiger partial charge in [0.15, 0.2) is 0 Å². The van der Waals surface area contributed by atoms with Crippen LogP contribution in [0.5, 0.6) is 0 Å². The fourth-order valence-electron chi connectivity index (χ4n) is 1.61. The van der Waals surface area contributed by atoms with Crippen molar-refractivity contribution in [2.75, 3.05) is 24.5 Å². The van der Waals surface area contributed by atoms with Crippen molar-refractivity contribution in [3.63, 3.8) is 0 Å². The van der Waals surface area contributed by atoms with E-state index in [-0.39, 0.29) is 11.8 Å². The highest BCUT2D eigenvalue weighted by Gasteiger charge is 2.33. The highest BCUT2D eigenvalue weighted by Crippen LogP contribution is 2.21. The molecule has 1 saturated heterocycles. The zero-order valence-corrected chi connectivity index (χ0v) is 9.01. The van der Waals surface area contributed by atoms with Crippen LogP contribution in [0, 0.1) is 5.92 Å². The molecular weight excluding hydrogens is 230 g/mol. The number of nitrogens with one attached hydrogen (secondary N) is 1. The van der Waals surface area contributed by atoms with Crippen LogP contribution in [0.2, 0.25) is 0 Å². The van der Waals surface area contributed by atoms with Gasteiger partial charge in [-0.15, -0.1) is 0 Å². The van der Waals surface area contributed by atoms with Crippen LogP contribution in [-0.4, -0.2) is 41.9 Å². The Hall–Kier alpha value is -1.79. The SMILES string of the molecule is O=C(NCC(F)F)C1CN(c2cnccn2)C1. The molecule has 1 aliphatic rings. The number of halogens is 2. The number of hydrogen-bond acceptors (Lipinski definition) is 4. The van der Waals surface area contributed by atoms with Crippen molar-refractivity contribution in [3.8, 4) is 0 Å². The molecule has 1 aliphatic heterocycles. The molecule has 1 fully saturated rings. The van der Waals surface area contributed by atoms with E-state index >= 15 is 0 Å². The molecular formula is C10H12F2N4O. The van der Waals surface area contributed by atoms with Gasteiger partial charge in [-0.05, 0) is 0 Å². The average Bonchev–Trinajstić information content (AvgIpc) is 2.26. The highest BCUT2D eigenvalue weighted by molar-refractivity contribution is 5.81. The maximum Gasteiger partial charge on any atom is 0.255 e. The molecule has 1 amide bonds. The van der Waals surface area contributed by atoms with Gasteiger partial charge in [-0.1, -0.05) is 0 Å². The molecule has 0 radical (unpaired) electrons. The van der Waals surface area contributed by atoms with Crippen molar-refractivity contribution < 1.29 is 13.6 Å². The molecule has 7 heteroatoms. The lowest BCUT2D eigenvalue weighted by molar-refractivity contribution is -0.126. The lowest BCUT2D eigenvalue weighted by atomic mass is 9.99. The molecule has 5 nitrogen and oxygen atoms in total. The van der Waals surface area contributed by atoms with Gasteiger partial charge in [0.05, 0.1) is 18.7 Å². The summed E-state index contributed by atoms with van der Waals surface area (Å²) in [5.41, 5.74) is 0. The molecule has 2 heterocycles. The quantitative estimate of drug-likeness (QED) is 0.824. The van der Waals surface area contributed by atoms with Crippen LogP contribution in [0.1, 0.15) is 0 Å². The zero-order valence-electron chi connectivity index (χ0n) is 9.01. The number of rotatable bonds is 4. The third-order valence-electron chi connectivity index (χ3n) is 2.56. The third kappa shape index (κ3) is 2.86. The standard InChI is InChI=1S/C10H12F2N4O/c11-8(12)3-15-10(17)7-5-16(6-7)9-4-13-1-2-14-9/h1-2,4,7-8H,3,5-6H2,(H,15,17). The summed E-state index contributed by atoms with van der Waals surface area (Å²) in [5, 5.41) is 2.20. The summed E-state index contributed by atoms with van der Waals surface area (Å²) in [6.45, 7) is 0.405. The number of aromatic nitrogens is 2. The predicted octanol–water partition coefficient (Wildman–Crippen LogP) is 0.294. The molecule has 0 unspecified atom stereocenters. The van der Waals surface area contributed by atoms with Crippen LogP contribution < -0.4 is 10.2 Å². The molecule has 17 heavy (non-hydrogen) atoms. The van der Waals surface area contributed by atoms with Crippen molar-refractivity contribution in [2.24, 2.45) is 5.92 Å². The largest absolute Gasteiger partial charge is 0.354 e. The van der Waals surface area contributed by atoms with E-state index < -0.39 is 13.0 Å². The Balaban J connectivity index is 1.77. The first-order valence-corrected chi connectivity index (χ1v) is 5.23. The van der Waals surface area contributed by atoms with Crippen LogP contribution in [0.15, 0.2) is 18.6 Å². The number of carbonyl (C=O) groups excluding carboxylic acids is 1. The Labute approximate surface area is 96.9 Å². The van der Waals surface area contributed by atoms with Crippen molar-refractivity contribution in [1.82, 2.24) is 15.3 Å². The predicted molar refractivity (Wildman–Crippen MR) is 56.7 cm³/mol. The van der Waals surface area contributed by atoms with Gasteiger partial charge in [0.2, 0.25) is 5.91 Å². The maximum atomic E-state index is 11.9. The monoisotopic (exact) mass is 242 g/mol. The van der Waals surface area contributed by atoms with E-state index in [2.05, 4.69) is 15.3 Å². The van der Waals surface area contributed by atoms with E-state index in [0.717, 1.165) is 0 Å². The second kappa shape index (κ2) is 5.03. The van der Waals surface area contributed by atoms with Crippen molar-refractivity contribution in [2.45, 2.75) is 6.43 Å². The van der Waals surface area contributed by atoms with Crippen molar-refractivity contribution >= 4 is 11.7 Å². The minimum absolute atomic E-state index is 0.240. The van der Waals surface area contributed by atoms with Crippen LogP contribution >= 0.6 is 0 Å². The number of anilines is 1. The fourth-order valence-corrected chi connectivity index (χ4v) is 1.61. The van der Waals surface area contributed by atoms with E-state index in [1.807, 2.05) is 4.90 Å². The number of nitrogens with zero attached hydrogens (tertiary/aromatic N) is 3. The summed E-state index contributed by atoms with van der Waals surface area (Å²) < 4.78 is 23.8. The Morgan fingerprint density at radius 2 is 2.29 bits per heavy atom. The first-order chi connectivity index (χ1) is 8.16. The molecule has 0 saturated carbocycles. The average molecular weight is 242 g/mol. The second-order valence-corrected chi connectivity index (χ2v) is 3.80. The molecule has 0 atom stereocenters. The number of hydrogen-bond donors (Lipinski definition) is 1. The minimum Gasteiger partial charge on any atom is -0.354 e. The normalized spacial score (nSPS) is 15.8. The van der Waals surface area contributed by atoms with E-state index in [4.69, 9.17) is 0 Å². The summed E-state index contributed by atoms with van der Waals surface area (Å²) in [7, 11) is 0. The number of amides is 1. The second-order valence-electron chi connectivity index (χ2n) is 3.80. The molecule has 0 aromatic carbocycles.